The number of carbonyl (C=O) groups is 1. The molecule has 0 saturated heterocycles. The smallest absolute Gasteiger partial charge is 0.433 e. The number of aliphatic hydroxyl groups is 1. The Bertz CT molecular complexity index is 1500. The Morgan fingerprint density at radius 3 is 2.61 bits per heavy atom. The number of aromatic nitrogens is 5. The minimum absolute atomic E-state index is 0.0422. The molecular formula is C24H21F3N6O3. The average Bonchev–Trinajstić information content (AvgIpc) is 3.06. The molecule has 1 N–H and O–H groups in total. The number of ether oxygens (including phenoxy) is 1. The molecule has 3 aromatic heterocycles. The molecule has 9 nitrogen and oxygen atoms in total. The summed E-state index contributed by atoms with van der Waals surface area (Å²) in [5.74, 6) is 0.287. The van der Waals surface area contributed by atoms with Gasteiger partial charge in [0, 0.05) is 18.3 Å². The number of aliphatic hydroxyl groups excluding tert-OH is 1. The summed E-state index contributed by atoms with van der Waals surface area (Å²) in [7, 11) is 1.62. The molecule has 186 valence electrons. The minimum Gasteiger partial charge on any atom is -0.487 e. The molecular weight excluding hydrogens is 477 g/mol. The summed E-state index contributed by atoms with van der Waals surface area (Å²) in [6, 6.07) is 7.46. The number of hydrogen-bond acceptors (Lipinski definition) is 7. The Kier molecular flexibility index (Phi) is 5.62. The third kappa shape index (κ3) is 4.02. The van der Waals surface area contributed by atoms with E-state index in [2.05, 4.69) is 20.1 Å². The number of carbonyl (C=O) groups excluding carboxylic acids is 1. The maximum Gasteiger partial charge on any atom is 0.433 e. The van der Waals surface area contributed by atoms with Gasteiger partial charge in [0.05, 0.1) is 24.4 Å². The lowest BCUT2D eigenvalue weighted by molar-refractivity contribution is -0.140. The van der Waals surface area contributed by atoms with Crippen molar-refractivity contribution in [3.8, 4) is 17.1 Å². The van der Waals surface area contributed by atoms with Crippen LogP contribution < -0.4 is 9.64 Å². The van der Waals surface area contributed by atoms with Crippen molar-refractivity contribution in [2.75, 3.05) is 18.1 Å². The van der Waals surface area contributed by atoms with Gasteiger partial charge in [-0.2, -0.15) is 18.3 Å². The maximum atomic E-state index is 13.4. The predicted molar refractivity (Wildman–Crippen MR) is 124 cm³/mol. The van der Waals surface area contributed by atoms with Crippen LogP contribution in [-0.4, -0.2) is 48.9 Å². The van der Waals surface area contributed by atoms with Crippen LogP contribution >= 0.6 is 0 Å². The second-order valence-corrected chi connectivity index (χ2v) is 8.46. The third-order valence-electron chi connectivity index (χ3n) is 5.91. The van der Waals surface area contributed by atoms with E-state index >= 15 is 0 Å². The fourth-order valence-electron chi connectivity index (χ4n) is 4.19. The fraction of sp³-hybridized carbons (Fsp3) is 0.292. The van der Waals surface area contributed by atoms with Crippen LogP contribution in [0.4, 0.5) is 18.9 Å². The number of halogens is 3. The standard InChI is InChI=1S/C24H21F3N6O3/c1-12-10-14(22-28-11-16-15(30-22)5-7-18(29-16)24(25,26)27)4-6-17(12)33-8-9-36-21-19(13(2)34)31-32(3)20(21)23(33)35/h4-7,10-11,13,34H,8-9H2,1-3H3. The van der Waals surface area contributed by atoms with Crippen molar-refractivity contribution < 1.29 is 27.8 Å². The number of aryl methyl sites for hydroxylation is 2. The molecule has 1 aromatic carbocycles. The van der Waals surface area contributed by atoms with Crippen LogP contribution in [0.25, 0.3) is 22.4 Å². The molecule has 0 bridgehead atoms. The first kappa shape index (κ1) is 23.7. The van der Waals surface area contributed by atoms with Gasteiger partial charge < -0.3 is 14.7 Å². The molecule has 1 aliphatic rings. The topological polar surface area (TPSA) is 106 Å². The lowest BCUT2D eigenvalue weighted by Gasteiger charge is -2.22. The maximum absolute atomic E-state index is 13.4. The first-order chi connectivity index (χ1) is 17.0. The second-order valence-electron chi connectivity index (χ2n) is 8.46. The van der Waals surface area contributed by atoms with Crippen LogP contribution in [0.15, 0.2) is 36.5 Å². The Balaban J connectivity index is 1.48. The van der Waals surface area contributed by atoms with Gasteiger partial charge in [-0.3, -0.25) is 9.48 Å². The molecule has 0 aliphatic carbocycles. The quantitative estimate of drug-likeness (QED) is 0.457. The molecule has 0 fully saturated rings. The fourth-order valence-corrected chi connectivity index (χ4v) is 4.19. The molecule has 36 heavy (non-hydrogen) atoms. The molecule has 4 aromatic rings. The number of hydrogen-bond donors (Lipinski definition) is 1. The van der Waals surface area contributed by atoms with Crippen LogP contribution in [0.1, 0.15) is 40.5 Å². The number of benzene rings is 1. The number of rotatable bonds is 3. The zero-order chi connectivity index (χ0) is 25.8. The highest BCUT2D eigenvalue weighted by atomic mass is 19.4. The van der Waals surface area contributed by atoms with E-state index in [1.54, 1.807) is 37.1 Å². The highest BCUT2D eigenvalue weighted by Gasteiger charge is 2.34. The Labute approximate surface area is 203 Å². The van der Waals surface area contributed by atoms with Crippen LogP contribution in [0.3, 0.4) is 0 Å². The molecule has 0 saturated carbocycles. The zero-order valence-corrected chi connectivity index (χ0v) is 19.5. The van der Waals surface area contributed by atoms with E-state index in [0.29, 0.717) is 22.8 Å². The monoisotopic (exact) mass is 498 g/mol. The second kappa shape index (κ2) is 8.55. The van der Waals surface area contributed by atoms with Gasteiger partial charge in [0.1, 0.15) is 23.5 Å². The van der Waals surface area contributed by atoms with Crippen LogP contribution in [0, 0.1) is 6.92 Å². The van der Waals surface area contributed by atoms with Crippen molar-refractivity contribution in [3.63, 3.8) is 0 Å². The highest BCUT2D eigenvalue weighted by Crippen LogP contribution is 2.34. The van der Waals surface area contributed by atoms with Gasteiger partial charge in [-0.25, -0.2) is 15.0 Å². The number of alkyl halides is 3. The van der Waals surface area contributed by atoms with Gasteiger partial charge in [0.2, 0.25) is 0 Å². The molecule has 1 unspecified atom stereocenters. The average molecular weight is 498 g/mol. The summed E-state index contributed by atoms with van der Waals surface area (Å²) < 4.78 is 46.0. The predicted octanol–water partition coefficient (Wildman–Crippen LogP) is 3.85. The van der Waals surface area contributed by atoms with E-state index < -0.39 is 18.0 Å². The normalized spacial score (nSPS) is 15.0. The van der Waals surface area contributed by atoms with Gasteiger partial charge in [0.15, 0.2) is 17.3 Å². The Morgan fingerprint density at radius 2 is 1.92 bits per heavy atom. The number of anilines is 1. The molecule has 1 amide bonds. The zero-order valence-electron chi connectivity index (χ0n) is 19.5. The number of amides is 1. The van der Waals surface area contributed by atoms with Crippen LogP contribution in [0.2, 0.25) is 0 Å². The number of pyridine rings is 1. The van der Waals surface area contributed by atoms with Gasteiger partial charge >= 0.3 is 6.18 Å². The van der Waals surface area contributed by atoms with E-state index in [0.717, 1.165) is 11.6 Å². The van der Waals surface area contributed by atoms with E-state index in [4.69, 9.17) is 4.74 Å². The van der Waals surface area contributed by atoms with Crippen LogP contribution in [0.5, 0.6) is 5.75 Å². The molecule has 4 heterocycles. The summed E-state index contributed by atoms with van der Waals surface area (Å²) in [4.78, 5) is 27.2. The van der Waals surface area contributed by atoms with Crippen molar-refractivity contribution in [2.24, 2.45) is 7.05 Å². The van der Waals surface area contributed by atoms with E-state index in [1.165, 1.54) is 16.9 Å². The van der Waals surface area contributed by atoms with Crippen molar-refractivity contribution in [2.45, 2.75) is 26.1 Å². The van der Waals surface area contributed by atoms with E-state index in [1.807, 2.05) is 6.92 Å². The lowest BCUT2D eigenvalue weighted by atomic mass is 10.1. The first-order valence-electron chi connectivity index (χ1n) is 11.1. The summed E-state index contributed by atoms with van der Waals surface area (Å²) in [5, 5.41) is 14.2. The summed E-state index contributed by atoms with van der Waals surface area (Å²) in [6.07, 6.45) is -4.18. The molecule has 1 atom stereocenters. The van der Waals surface area contributed by atoms with Gasteiger partial charge in [-0.15, -0.1) is 0 Å². The minimum atomic E-state index is -4.55. The largest absolute Gasteiger partial charge is 0.487 e. The highest BCUT2D eigenvalue weighted by molar-refractivity contribution is 6.07. The van der Waals surface area contributed by atoms with Crippen molar-refractivity contribution in [1.29, 1.82) is 0 Å². The van der Waals surface area contributed by atoms with Crippen molar-refractivity contribution >= 4 is 22.6 Å². The molecule has 0 spiro atoms. The first-order valence-corrected chi connectivity index (χ1v) is 11.1. The SMILES string of the molecule is Cc1cc(-c2ncc3nc(C(F)(F)F)ccc3n2)ccc1N1CCOc2c(C(C)O)nn(C)c2C1=O. The summed E-state index contributed by atoms with van der Waals surface area (Å²) in [5.41, 5.74) is 1.92. The third-order valence-corrected chi connectivity index (χ3v) is 5.91. The van der Waals surface area contributed by atoms with Gasteiger partial charge in [-0.05, 0) is 49.7 Å². The lowest BCUT2D eigenvalue weighted by Crippen LogP contribution is -2.34. The van der Waals surface area contributed by atoms with E-state index in [9.17, 15) is 23.1 Å². The summed E-state index contributed by atoms with van der Waals surface area (Å²) >= 11 is 0. The van der Waals surface area contributed by atoms with Crippen molar-refractivity contribution in [3.05, 3.63) is 59.2 Å². The number of fused-ring (bicyclic) bond motifs is 2. The number of nitrogens with zero attached hydrogens (tertiary/aromatic N) is 6. The van der Waals surface area contributed by atoms with E-state index in [-0.39, 0.29) is 41.5 Å². The molecule has 0 radical (unpaired) electrons. The van der Waals surface area contributed by atoms with Crippen molar-refractivity contribution in [1.82, 2.24) is 24.7 Å². The van der Waals surface area contributed by atoms with Crippen LogP contribution in [-0.2, 0) is 13.2 Å². The molecule has 5 rings (SSSR count). The van der Waals surface area contributed by atoms with Gasteiger partial charge in [0.25, 0.3) is 5.91 Å². The summed E-state index contributed by atoms with van der Waals surface area (Å²) in [6.45, 7) is 3.89. The van der Waals surface area contributed by atoms with Gasteiger partial charge in [-0.1, -0.05) is 0 Å². The Morgan fingerprint density at radius 1 is 1.14 bits per heavy atom. The molecule has 12 heteroatoms. The molecule has 1 aliphatic heterocycles. The Hall–Kier alpha value is -4.06.